The Balaban J connectivity index is 2.07. The van der Waals surface area contributed by atoms with Crippen molar-refractivity contribution in [2.75, 3.05) is 14.2 Å². The van der Waals surface area contributed by atoms with Gasteiger partial charge in [-0.2, -0.15) is 0 Å². The minimum Gasteiger partial charge on any atom is -0.496 e. The fraction of sp³-hybridized carbons (Fsp3) is 0.647. The zero-order valence-corrected chi connectivity index (χ0v) is 14.4. The number of benzene rings is 1. The Morgan fingerprint density at radius 2 is 1.95 bits per heavy atom. The lowest BCUT2D eigenvalue weighted by molar-refractivity contribution is -0.0537. The Kier molecular flexibility index (Phi) is 6.52. The van der Waals surface area contributed by atoms with Gasteiger partial charge in [-0.3, -0.25) is 0 Å². The number of aliphatic hydroxyl groups is 1. The first kappa shape index (κ1) is 16.8. The number of aliphatic hydroxyl groups excluding tert-OH is 1. The predicted octanol–water partition coefficient (Wildman–Crippen LogP) is 3.96. The Morgan fingerprint density at radius 1 is 1.24 bits per heavy atom. The van der Waals surface area contributed by atoms with Gasteiger partial charge in [0.05, 0.1) is 19.3 Å². The van der Waals surface area contributed by atoms with Gasteiger partial charge in [0.15, 0.2) is 0 Å². The minimum absolute atomic E-state index is 0.0889. The molecule has 1 aliphatic rings. The zero-order valence-electron chi connectivity index (χ0n) is 12.8. The van der Waals surface area contributed by atoms with Crippen LogP contribution in [0.5, 0.6) is 5.75 Å². The van der Waals surface area contributed by atoms with E-state index in [-0.39, 0.29) is 6.10 Å². The van der Waals surface area contributed by atoms with E-state index in [2.05, 4.69) is 15.9 Å². The van der Waals surface area contributed by atoms with Crippen LogP contribution >= 0.6 is 15.9 Å². The van der Waals surface area contributed by atoms with E-state index in [1.165, 1.54) is 19.3 Å². The Labute approximate surface area is 135 Å². The Hall–Kier alpha value is -0.580. The highest BCUT2D eigenvalue weighted by Gasteiger charge is 2.30. The molecule has 0 radical (unpaired) electrons. The van der Waals surface area contributed by atoms with E-state index < -0.39 is 6.10 Å². The van der Waals surface area contributed by atoms with E-state index in [1.54, 1.807) is 14.2 Å². The number of hydrogen-bond donors (Lipinski definition) is 1. The van der Waals surface area contributed by atoms with Gasteiger partial charge in [-0.25, -0.2) is 0 Å². The average molecular weight is 357 g/mol. The lowest BCUT2D eigenvalue weighted by atomic mass is 9.82. The molecule has 0 heterocycles. The van der Waals surface area contributed by atoms with Crippen LogP contribution in [0.2, 0.25) is 0 Å². The summed E-state index contributed by atoms with van der Waals surface area (Å²) in [6.07, 6.45) is 6.08. The van der Waals surface area contributed by atoms with E-state index in [9.17, 15) is 5.11 Å². The van der Waals surface area contributed by atoms with E-state index in [0.717, 1.165) is 28.6 Å². The van der Waals surface area contributed by atoms with Gasteiger partial charge in [0, 0.05) is 18.0 Å². The van der Waals surface area contributed by atoms with Crippen molar-refractivity contribution in [2.24, 2.45) is 5.92 Å². The van der Waals surface area contributed by atoms with Crippen LogP contribution in [-0.4, -0.2) is 31.5 Å². The van der Waals surface area contributed by atoms with Crippen molar-refractivity contribution < 1.29 is 14.6 Å². The van der Waals surface area contributed by atoms with Gasteiger partial charge < -0.3 is 14.6 Å². The molecule has 0 bridgehead atoms. The average Bonchev–Trinajstić information content (AvgIpc) is 2.49. The van der Waals surface area contributed by atoms with E-state index in [4.69, 9.17) is 9.47 Å². The summed E-state index contributed by atoms with van der Waals surface area (Å²) >= 11 is 3.48. The first-order valence-electron chi connectivity index (χ1n) is 7.69. The first-order chi connectivity index (χ1) is 10.2. The molecule has 2 atom stereocenters. The molecule has 1 aliphatic carbocycles. The summed E-state index contributed by atoms with van der Waals surface area (Å²) in [5.41, 5.74) is 1.01. The van der Waals surface area contributed by atoms with Crippen LogP contribution in [0, 0.1) is 5.92 Å². The predicted molar refractivity (Wildman–Crippen MR) is 87.8 cm³/mol. The lowest BCUT2D eigenvalue weighted by Gasteiger charge is -2.32. The maximum atomic E-state index is 10.6. The van der Waals surface area contributed by atoms with Crippen LogP contribution < -0.4 is 4.74 Å². The summed E-state index contributed by atoms with van der Waals surface area (Å²) in [5, 5.41) is 10.6. The van der Waals surface area contributed by atoms with Gasteiger partial charge in [-0.1, -0.05) is 35.2 Å². The second-order valence-corrected chi connectivity index (χ2v) is 6.74. The highest BCUT2D eigenvalue weighted by molar-refractivity contribution is 9.10. The minimum atomic E-state index is -0.499. The molecule has 2 unspecified atom stereocenters. The molecule has 21 heavy (non-hydrogen) atoms. The van der Waals surface area contributed by atoms with Crippen molar-refractivity contribution in [3.05, 3.63) is 28.2 Å². The van der Waals surface area contributed by atoms with Crippen molar-refractivity contribution in [2.45, 2.75) is 50.7 Å². The summed E-state index contributed by atoms with van der Waals surface area (Å²) in [7, 11) is 3.37. The molecule has 4 heteroatoms. The summed E-state index contributed by atoms with van der Waals surface area (Å²) < 4.78 is 12.0. The topological polar surface area (TPSA) is 38.7 Å². The maximum Gasteiger partial charge on any atom is 0.122 e. The Bertz CT molecular complexity index is 444. The van der Waals surface area contributed by atoms with Crippen molar-refractivity contribution in [3.8, 4) is 5.75 Å². The Morgan fingerprint density at radius 3 is 2.57 bits per heavy atom. The third-order valence-corrected chi connectivity index (χ3v) is 4.93. The quantitative estimate of drug-likeness (QED) is 0.838. The van der Waals surface area contributed by atoms with Crippen molar-refractivity contribution in [1.82, 2.24) is 0 Å². The molecule has 1 fully saturated rings. The lowest BCUT2D eigenvalue weighted by Crippen LogP contribution is -2.37. The second kappa shape index (κ2) is 8.16. The van der Waals surface area contributed by atoms with Gasteiger partial charge in [0.1, 0.15) is 5.75 Å². The molecular weight excluding hydrogens is 332 g/mol. The highest BCUT2D eigenvalue weighted by atomic mass is 79.9. The van der Waals surface area contributed by atoms with Gasteiger partial charge in [0.2, 0.25) is 0 Å². The smallest absolute Gasteiger partial charge is 0.122 e. The summed E-state index contributed by atoms with van der Waals surface area (Å²) in [6.45, 7) is 0. The van der Waals surface area contributed by atoms with E-state index >= 15 is 0 Å². The molecule has 0 aromatic heterocycles. The molecule has 3 nitrogen and oxygen atoms in total. The van der Waals surface area contributed by atoms with Gasteiger partial charge >= 0.3 is 0 Å². The maximum absolute atomic E-state index is 10.6. The number of ether oxygens (including phenoxy) is 2. The molecule has 1 aromatic carbocycles. The largest absolute Gasteiger partial charge is 0.496 e. The van der Waals surface area contributed by atoms with E-state index in [0.29, 0.717) is 12.3 Å². The standard InChI is InChI=1S/C17H25BrO3/c1-20-16-9-8-14(18)10-13(16)11-15(19)17(21-2)12-6-4-3-5-7-12/h8-10,12,15,17,19H,3-7,11H2,1-2H3. The number of methoxy groups -OCH3 is 2. The number of halogens is 1. The van der Waals surface area contributed by atoms with Crippen molar-refractivity contribution >= 4 is 15.9 Å². The molecular formula is C17H25BrO3. The molecule has 1 saturated carbocycles. The van der Waals surface area contributed by atoms with Gasteiger partial charge in [-0.05, 0) is 42.5 Å². The fourth-order valence-electron chi connectivity index (χ4n) is 3.37. The van der Waals surface area contributed by atoms with Crippen molar-refractivity contribution in [3.63, 3.8) is 0 Å². The highest BCUT2D eigenvalue weighted by Crippen LogP contribution is 2.31. The summed E-state index contributed by atoms with van der Waals surface area (Å²) in [5.74, 6) is 1.28. The molecule has 1 aromatic rings. The molecule has 0 aliphatic heterocycles. The first-order valence-corrected chi connectivity index (χ1v) is 8.48. The molecule has 0 spiro atoms. The zero-order chi connectivity index (χ0) is 15.2. The van der Waals surface area contributed by atoms with Crippen LogP contribution in [0.25, 0.3) is 0 Å². The number of hydrogen-bond acceptors (Lipinski definition) is 3. The van der Waals surface area contributed by atoms with Crippen LogP contribution in [0.15, 0.2) is 22.7 Å². The van der Waals surface area contributed by atoms with Crippen LogP contribution in [0.1, 0.15) is 37.7 Å². The fourth-order valence-corrected chi connectivity index (χ4v) is 3.78. The monoisotopic (exact) mass is 356 g/mol. The summed E-state index contributed by atoms with van der Waals surface area (Å²) in [6, 6.07) is 5.88. The van der Waals surface area contributed by atoms with Crippen LogP contribution in [-0.2, 0) is 11.2 Å². The molecule has 0 amide bonds. The van der Waals surface area contributed by atoms with Crippen LogP contribution in [0.3, 0.4) is 0 Å². The summed E-state index contributed by atoms with van der Waals surface area (Å²) in [4.78, 5) is 0. The third kappa shape index (κ3) is 4.44. The number of rotatable bonds is 6. The molecule has 1 N–H and O–H groups in total. The van der Waals surface area contributed by atoms with Gasteiger partial charge in [-0.15, -0.1) is 0 Å². The molecule has 0 saturated heterocycles. The normalized spacial score (nSPS) is 19.2. The van der Waals surface area contributed by atoms with Crippen molar-refractivity contribution in [1.29, 1.82) is 0 Å². The molecule has 2 rings (SSSR count). The SMILES string of the molecule is COc1ccc(Br)cc1CC(O)C(OC)C1CCCCC1. The van der Waals surface area contributed by atoms with E-state index in [1.807, 2.05) is 18.2 Å². The van der Waals surface area contributed by atoms with Crippen LogP contribution in [0.4, 0.5) is 0 Å². The van der Waals surface area contributed by atoms with Gasteiger partial charge in [0.25, 0.3) is 0 Å². The molecule has 118 valence electrons. The third-order valence-electron chi connectivity index (χ3n) is 4.44. The second-order valence-electron chi connectivity index (χ2n) is 5.83.